The second kappa shape index (κ2) is 9.05. The summed E-state index contributed by atoms with van der Waals surface area (Å²) in [5.74, 6) is -0.576. The van der Waals surface area contributed by atoms with E-state index in [0.717, 1.165) is 4.70 Å². The molecule has 1 atom stereocenters. The minimum atomic E-state index is -0.890. The number of ether oxygens (including phenoxy) is 2. The van der Waals surface area contributed by atoms with E-state index in [1.807, 2.05) is 6.07 Å². The van der Waals surface area contributed by atoms with Crippen LogP contribution in [0.15, 0.2) is 72.3 Å². The molecule has 5 rings (SSSR count). The zero-order valence-electron chi connectivity index (χ0n) is 18.7. The lowest BCUT2D eigenvalue weighted by Gasteiger charge is -2.23. The molecule has 1 aliphatic heterocycles. The number of aliphatic hydroxyl groups is 1. The van der Waals surface area contributed by atoms with Crippen LogP contribution in [0.5, 0.6) is 11.5 Å². The molecule has 1 saturated heterocycles. The second-order valence-corrected chi connectivity index (χ2v) is 9.22. The van der Waals surface area contributed by atoms with Crippen LogP contribution in [0.3, 0.4) is 0 Å². The number of aliphatic hydroxyl groups excluding tert-OH is 1. The van der Waals surface area contributed by atoms with Crippen molar-refractivity contribution in [1.82, 2.24) is 4.98 Å². The van der Waals surface area contributed by atoms with E-state index in [9.17, 15) is 14.7 Å². The standard InChI is InChI=1S/C26H19ClN2O5S/c1-33-17-9-5-14(6-10-17)22-21(23(30)15-3-7-16(27)8-4-15)24(31)25(32)29(22)26-28-19-12-11-18(34-2)13-20(19)35-26/h3-13,22,30H,1-2H3/t22-/m0/s1. The molecule has 0 radical (unpaired) electrons. The molecule has 2 heterocycles. The molecule has 0 aliphatic carbocycles. The van der Waals surface area contributed by atoms with Gasteiger partial charge in [-0.3, -0.25) is 14.5 Å². The number of carbonyl (C=O) groups is 2. The maximum atomic E-state index is 13.3. The van der Waals surface area contributed by atoms with Crippen molar-refractivity contribution < 1.29 is 24.2 Å². The Balaban J connectivity index is 1.70. The number of rotatable bonds is 5. The van der Waals surface area contributed by atoms with Crippen molar-refractivity contribution in [2.45, 2.75) is 6.04 Å². The molecular weight excluding hydrogens is 488 g/mol. The lowest BCUT2D eigenvalue weighted by Crippen LogP contribution is -2.29. The van der Waals surface area contributed by atoms with Crippen LogP contribution in [0.25, 0.3) is 16.0 Å². The van der Waals surface area contributed by atoms with E-state index >= 15 is 0 Å². The summed E-state index contributed by atoms with van der Waals surface area (Å²) in [4.78, 5) is 32.6. The Morgan fingerprint density at radius 1 is 0.971 bits per heavy atom. The van der Waals surface area contributed by atoms with E-state index in [1.54, 1.807) is 74.9 Å². The number of ketones is 1. The Bertz CT molecular complexity index is 1480. The maximum Gasteiger partial charge on any atom is 0.301 e. The van der Waals surface area contributed by atoms with Gasteiger partial charge in [0.25, 0.3) is 5.78 Å². The molecule has 1 aliphatic rings. The zero-order chi connectivity index (χ0) is 24.7. The molecule has 1 amide bonds. The molecule has 0 spiro atoms. The van der Waals surface area contributed by atoms with Gasteiger partial charge in [0.05, 0.1) is 36.1 Å². The smallest absolute Gasteiger partial charge is 0.301 e. The van der Waals surface area contributed by atoms with Crippen molar-refractivity contribution in [1.29, 1.82) is 0 Å². The first-order valence-electron chi connectivity index (χ1n) is 10.6. The average Bonchev–Trinajstić information content (AvgIpc) is 3.41. The van der Waals surface area contributed by atoms with Gasteiger partial charge >= 0.3 is 5.91 Å². The highest BCUT2D eigenvalue weighted by atomic mass is 35.5. The van der Waals surface area contributed by atoms with Crippen LogP contribution in [-0.4, -0.2) is 36.0 Å². The van der Waals surface area contributed by atoms with Crippen LogP contribution >= 0.6 is 22.9 Å². The Morgan fingerprint density at radius 3 is 2.29 bits per heavy atom. The van der Waals surface area contributed by atoms with Crippen molar-refractivity contribution >= 4 is 55.7 Å². The minimum absolute atomic E-state index is 0.0284. The number of Topliss-reactive ketones (excluding diaryl/α,β-unsaturated/α-hetero) is 1. The summed E-state index contributed by atoms with van der Waals surface area (Å²) in [5, 5.41) is 12.0. The number of hydrogen-bond donors (Lipinski definition) is 1. The van der Waals surface area contributed by atoms with Gasteiger partial charge in [0.2, 0.25) is 0 Å². The molecule has 0 bridgehead atoms. The molecule has 35 heavy (non-hydrogen) atoms. The number of fused-ring (bicyclic) bond motifs is 1. The fourth-order valence-corrected chi connectivity index (χ4v) is 5.16. The van der Waals surface area contributed by atoms with E-state index < -0.39 is 17.7 Å². The number of amides is 1. The molecule has 7 nitrogen and oxygen atoms in total. The Hall–Kier alpha value is -3.88. The van der Waals surface area contributed by atoms with Gasteiger partial charge in [-0.15, -0.1) is 0 Å². The van der Waals surface area contributed by atoms with Crippen molar-refractivity contribution in [3.8, 4) is 11.5 Å². The first-order chi connectivity index (χ1) is 16.9. The Kier molecular flexibility index (Phi) is 5.92. The highest BCUT2D eigenvalue weighted by molar-refractivity contribution is 7.22. The van der Waals surface area contributed by atoms with Gasteiger partial charge in [-0.05, 0) is 60.2 Å². The Morgan fingerprint density at radius 2 is 1.63 bits per heavy atom. The lowest BCUT2D eigenvalue weighted by molar-refractivity contribution is -0.132. The lowest BCUT2D eigenvalue weighted by atomic mass is 9.95. The first kappa shape index (κ1) is 22.9. The molecular formula is C26H19ClN2O5S. The second-order valence-electron chi connectivity index (χ2n) is 7.78. The third-order valence-corrected chi connectivity index (χ3v) is 7.05. The highest BCUT2D eigenvalue weighted by Crippen LogP contribution is 2.44. The van der Waals surface area contributed by atoms with Gasteiger partial charge in [-0.1, -0.05) is 35.1 Å². The molecule has 3 aromatic carbocycles. The van der Waals surface area contributed by atoms with Gasteiger partial charge in [0.1, 0.15) is 17.3 Å². The molecule has 176 valence electrons. The number of thiazole rings is 1. The number of hydrogen-bond acceptors (Lipinski definition) is 7. The van der Waals surface area contributed by atoms with Crippen LogP contribution in [0.2, 0.25) is 5.02 Å². The number of methoxy groups -OCH3 is 2. The molecule has 4 aromatic rings. The third kappa shape index (κ3) is 4.00. The van der Waals surface area contributed by atoms with E-state index in [2.05, 4.69) is 4.98 Å². The largest absolute Gasteiger partial charge is 0.507 e. The van der Waals surface area contributed by atoms with Gasteiger partial charge < -0.3 is 14.6 Å². The summed E-state index contributed by atoms with van der Waals surface area (Å²) in [6, 6.07) is 17.9. The third-order valence-electron chi connectivity index (χ3n) is 5.78. The van der Waals surface area contributed by atoms with Crippen molar-refractivity contribution in [2.75, 3.05) is 19.1 Å². The average molecular weight is 507 g/mol. The summed E-state index contributed by atoms with van der Waals surface area (Å²) in [5.41, 5.74) is 1.63. The molecule has 9 heteroatoms. The van der Waals surface area contributed by atoms with E-state index in [0.29, 0.717) is 38.3 Å². The normalized spacial score (nSPS) is 17.2. The van der Waals surface area contributed by atoms with Gasteiger partial charge in [0, 0.05) is 10.6 Å². The van der Waals surface area contributed by atoms with Crippen molar-refractivity contribution in [2.24, 2.45) is 0 Å². The molecule has 0 unspecified atom stereocenters. The van der Waals surface area contributed by atoms with Crippen LogP contribution in [0, 0.1) is 0 Å². The number of carbonyl (C=O) groups excluding carboxylic acids is 2. The fraction of sp³-hybridized carbons (Fsp3) is 0.115. The summed E-state index contributed by atoms with van der Waals surface area (Å²) in [6.07, 6.45) is 0. The molecule has 1 N–H and O–H groups in total. The van der Waals surface area contributed by atoms with E-state index in [1.165, 1.54) is 16.2 Å². The predicted molar refractivity (Wildman–Crippen MR) is 135 cm³/mol. The summed E-state index contributed by atoms with van der Waals surface area (Å²) in [7, 11) is 3.12. The quantitative estimate of drug-likeness (QED) is 0.215. The molecule has 1 fully saturated rings. The zero-order valence-corrected chi connectivity index (χ0v) is 20.3. The van der Waals surface area contributed by atoms with Crippen molar-refractivity contribution in [3.63, 3.8) is 0 Å². The van der Waals surface area contributed by atoms with Gasteiger partial charge in [0.15, 0.2) is 5.13 Å². The monoisotopic (exact) mass is 506 g/mol. The number of aromatic nitrogens is 1. The topological polar surface area (TPSA) is 89.0 Å². The maximum absolute atomic E-state index is 13.3. The fourth-order valence-electron chi connectivity index (χ4n) is 4.02. The number of halogens is 1. The SMILES string of the molecule is COc1ccc([C@H]2C(=C(O)c3ccc(Cl)cc3)C(=O)C(=O)N2c2nc3ccc(OC)cc3s2)cc1. The number of benzene rings is 3. The van der Waals surface area contributed by atoms with Crippen molar-refractivity contribution in [3.05, 3.63) is 88.5 Å². The highest BCUT2D eigenvalue weighted by Gasteiger charge is 2.48. The van der Waals surface area contributed by atoms with Gasteiger partial charge in [-0.25, -0.2) is 4.98 Å². The van der Waals surface area contributed by atoms with Crippen LogP contribution < -0.4 is 14.4 Å². The van der Waals surface area contributed by atoms with E-state index in [-0.39, 0.29) is 11.3 Å². The van der Waals surface area contributed by atoms with Crippen LogP contribution in [0.1, 0.15) is 17.2 Å². The predicted octanol–water partition coefficient (Wildman–Crippen LogP) is 5.59. The van der Waals surface area contributed by atoms with Crippen LogP contribution in [-0.2, 0) is 9.59 Å². The molecule has 0 saturated carbocycles. The number of nitrogens with zero attached hydrogens (tertiary/aromatic N) is 2. The van der Waals surface area contributed by atoms with Gasteiger partial charge in [-0.2, -0.15) is 0 Å². The molecule has 1 aromatic heterocycles. The summed E-state index contributed by atoms with van der Waals surface area (Å²) >= 11 is 7.25. The first-order valence-corrected chi connectivity index (χ1v) is 11.8. The Labute approximate surface area is 209 Å². The summed E-state index contributed by atoms with van der Waals surface area (Å²) < 4.78 is 11.4. The van der Waals surface area contributed by atoms with Crippen LogP contribution in [0.4, 0.5) is 5.13 Å². The number of anilines is 1. The van der Waals surface area contributed by atoms with E-state index in [4.69, 9.17) is 21.1 Å². The minimum Gasteiger partial charge on any atom is -0.507 e. The summed E-state index contributed by atoms with van der Waals surface area (Å²) in [6.45, 7) is 0.